The van der Waals surface area contributed by atoms with Gasteiger partial charge in [0.25, 0.3) is 0 Å². The monoisotopic (exact) mass is 266 g/mol. The Labute approximate surface area is 117 Å². The summed E-state index contributed by atoms with van der Waals surface area (Å²) in [7, 11) is 2.04. The molecule has 3 aliphatic rings. The van der Waals surface area contributed by atoms with Crippen molar-refractivity contribution in [2.24, 2.45) is 11.8 Å². The summed E-state index contributed by atoms with van der Waals surface area (Å²) in [5, 5.41) is 13.4. The lowest BCUT2D eigenvalue weighted by atomic mass is 9.77. The normalized spacial score (nSPS) is 35.7. The van der Waals surface area contributed by atoms with Crippen LogP contribution in [0.15, 0.2) is 0 Å². The van der Waals surface area contributed by atoms with Crippen molar-refractivity contribution >= 4 is 0 Å². The lowest BCUT2D eigenvalue weighted by Crippen LogP contribution is -2.60. The second kappa shape index (κ2) is 5.71. The van der Waals surface area contributed by atoms with Crippen LogP contribution >= 0.6 is 0 Å². The Balaban J connectivity index is 1.69. The number of likely N-dealkylation sites (N-methyl/N-ethyl adjacent to an activating group) is 1. The van der Waals surface area contributed by atoms with Crippen LogP contribution in [-0.4, -0.2) is 48.3 Å². The van der Waals surface area contributed by atoms with Gasteiger partial charge in [-0.1, -0.05) is 12.8 Å². The molecule has 3 rings (SSSR count). The minimum atomic E-state index is -0.0284. The molecule has 0 bridgehead atoms. The van der Waals surface area contributed by atoms with E-state index >= 15 is 0 Å². The molecule has 3 heteroatoms. The molecule has 2 N–H and O–H groups in total. The van der Waals surface area contributed by atoms with Crippen LogP contribution in [0.3, 0.4) is 0 Å². The van der Waals surface area contributed by atoms with Gasteiger partial charge in [-0.2, -0.15) is 0 Å². The number of rotatable bonds is 5. The zero-order valence-electron chi connectivity index (χ0n) is 12.4. The summed E-state index contributed by atoms with van der Waals surface area (Å²) in [5.41, 5.74) is -0.0284. The van der Waals surface area contributed by atoms with Crippen molar-refractivity contribution in [1.29, 1.82) is 0 Å². The van der Waals surface area contributed by atoms with E-state index in [4.69, 9.17) is 0 Å². The molecule has 110 valence electrons. The zero-order chi connectivity index (χ0) is 13.3. The first-order chi connectivity index (χ1) is 9.29. The summed E-state index contributed by atoms with van der Waals surface area (Å²) >= 11 is 0. The first-order valence-corrected chi connectivity index (χ1v) is 8.33. The predicted octanol–water partition coefficient (Wildman–Crippen LogP) is 2.00. The van der Waals surface area contributed by atoms with Gasteiger partial charge in [0.2, 0.25) is 0 Å². The molecule has 3 atom stereocenters. The van der Waals surface area contributed by atoms with E-state index in [2.05, 4.69) is 10.2 Å². The van der Waals surface area contributed by atoms with Crippen LogP contribution in [0.4, 0.5) is 0 Å². The standard InChI is InChI=1S/C16H30N2O/c1-17-16(12-19,14-8-9-14)11-18-10-4-6-13-5-2-3-7-15(13)18/h13-15,17,19H,2-12H2,1H3. The molecule has 0 aromatic carbocycles. The van der Waals surface area contributed by atoms with Crippen LogP contribution in [0, 0.1) is 11.8 Å². The number of aliphatic hydroxyl groups excluding tert-OH is 1. The molecular formula is C16H30N2O. The molecule has 0 amide bonds. The van der Waals surface area contributed by atoms with Gasteiger partial charge in [0.05, 0.1) is 12.1 Å². The molecule has 3 fully saturated rings. The molecule has 3 unspecified atom stereocenters. The van der Waals surface area contributed by atoms with E-state index in [1.807, 2.05) is 7.05 Å². The van der Waals surface area contributed by atoms with Crippen molar-refractivity contribution in [1.82, 2.24) is 10.2 Å². The molecule has 3 nitrogen and oxygen atoms in total. The SMILES string of the molecule is CNC(CO)(CN1CCCC2CCCCC21)C1CC1. The topological polar surface area (TPSA) is 35.5 Å². The fourth-order valence-corrected chi connectivity index (χ4v) is 4.59. The van der Waals surface area contributed by atoms with Crippen molar-refractivity contribution in [3.63, 3.8) is 0 Å². The van der Waals surface area contributed by atoms with E-state index in [1.54, 1.807) is 0 Å². The Morgan fingerprint density at radius 3 is 2.53 bits per heavy atom. The van der Waals surface area contributed by atoms with Gasteiger partial charge in [-0.15, -0.1) is 0 Å². The van der Waals surface area contributed by atoms with Crippen LogP contribution in [0.25, 0.3) is 0 Å². The maximum absolute atomic E-state index is 9.92. The largest absolute Gasteiger partial charge is 0.394 e. The highest BCUT2D eigenvalue weighted by molar-refractivity contribution is 5.03. The number of fused-ring (bicyclic) bond motifs is 1. The van der Waals surface area contributed by atoms with E-state index in [0.29, 0.717) is 12.5 Å². The van der Waals surface area contributed by atoms with Crippen molar-refractivity contribution in [3.05, 3.63) is 0 Å². The van der Waals surface area contributed by atoms with Gasteiger partial charge in [-0.3, -0.25) is 4.90 Å². The van der Waals surface area contributed by atoms with Crippen LogP contribution in [0.2, 0.25) is 0 Å². The number of piperidine rings is 1. The van der Waals surface area contributed by atoms with Crippen LogP contribution in [0.1, 0.15) is 51.4 Å². The van der Waals surface area contributed by atoms with Gasteiger partial charge in [-0.05, 0) is 64.0 Å². The summed E-state index contributed by atoms with van der Waals surface area (Å²) in [6.07, 6.45) is 11.1. The Morgan fingerprint density at radius 1 is 1.11 bits per heavy atom. The van der Waals surface area contributed by atoms with Crippen molar-refractivity contribution < 1.29 is 5.11 Å². The van der Waals surface area contributed by atoms with E-state index in [0.717, 1.165) is 18.5 Å². The van der Waals surface area contributed by atoms with Gasteiger partial charge in [0.15, 0.2) is 0 Å². The van der Waals surface area contributed by atoms with E-state index in [9.17, 15) is 5.11 Å². The van der Waals surface area contributed by atoms with Crippen molar-refractivity contribution in [3.8, 4) is 0 Å². The average molecular weight is 266 g/mol. The van der Waals surface area contributed by atoms with Gasteiger partial charge in [0, 0.05) is 12.6 Å². The number of nitrogens with zero attached hydrogens (tertiary/aromatic N) is 1. The minimum Gasteiger partial charge on any atom is -0.394 e. The van der Waals surface area contributed by atoms with Gasteiger partial charge in [0.1, 0.15) is 0 Å². The molecule has 1 aliphatic heterocycles. The lowest BCUT2D eigenvalue weighted by molar-refractivity contribution is 0.0158. The van der Waals surface area contributed by atoms with Crippen LogP contribution in [0.5, 0.6) is 0 Å². The molecule has 0 spiro atoms. The Morgan fingerprint density at radius 2 is 1.84 bits per heavy atom. The molecule has 1 saturated heterocycles. The third-order valence-corrected chi connectivity index (χ3v) is 5.98. The molecule has 2 saturated carbocycles. The fraction of sp³-hybridized carbons (Fsp3) is 1.00. The molecule has 1 heterocycles. The highest BCUT2D eigenvalue weighted by atomic mass is 16.3. The van der Waals surface area contributed by atoms with Crippen molar-refractivity contribution in [2.45, 2.75) is 62.9 Å². The summed E-state index contributed by atoms with van der Waals surface area (Å²) < 4.78 is 0. The number of hydrogen-bond donors (Lipinski definition) is 2. The number of nitrogens with one attached hydrogen (secondary N) is 1. The predicted molar refractivity (Wildman–Crippen MR) is 78.2 cm³/mol. The van der Waals surface area contributed by atoms with E-state index < -0.39 is 0 Å². The van der Waals surface area contributed by atoms with Crippen molar-refractivity contribution in [2.75, 3.05) is 26.7 Å². The number of aliphatic hydroxyl groups is 1. The Hall–Kier alpha value is -0.120. The summed E-state index contributed by atoms with van der Waals surface area (Å²) in [6.45, 7) is 2.60. The smallest absolute Gasteiger partial charge is 0.0628 e. The quantitative estimate of drug-likeness (QED) is 0.799. The maximum Gasteiger partial charge on any atom is 0.0628 e. The van der Waals surface area contributed by atoms with E-state index in [1.165, 1.54) is 57.9 Å². The average Bonchev–Trinajstić information content (AvgIpc) is 3.30. The first-order valence-electron chi connectivity index (χ1n) is 8.33. The number of likely N-dealkylation sites (tertiary alicyclic amines) is 1. The van der Waals surface area contributed by atoms with E-state index in [-0.39, 0.29) is 5.54 Å². The number of hydrogen-bond acceptors (Lipinski definition) is 3. The Kier molecular flexibility index (Phi) is 4.16. The third-order valence-electron chi connectivity index (χ3n) is 5.98. The molecule has 0 radical (unpaired) electrons. The highest BCUT2D eigenvalue weighted by Gasteiger charge is 2.46. The molecule has 0 aromatic rings. The molecule has 19 heavy (non-hydrogen) atoms. The van der Waals surface area contributed by atoms with Crippen LogP contribution < -0.4 is 5.32 Å². The zero-order valence-corrected chi connectivity index (χ0v) is 12.4. The fourth-order valence-electron chi connectivity index (χ4n) is 4.59. The second-order valence-electron chi connectivity index (χ2n) is 7.06. The lowest BCUT2D eigenvalue weighted by Gasteiger charge is -2.48. The summed E-state index contributed by atoms with van der Waals surface area (Å²) in [6, 6.07) is 0.806. The Bertz CT molecular complexity index is 297. The summed E-state index contributed by atoms with van der Waals surface area (Å²) in [4.78, 5) is 2.72. The second-order valence-corrected chi connectivity index (χ2v) is 7.06. The highest BCUT2D eigenvalue weighted by Crippen LogP contribution is 2.42. The minimum absolute atomic E-state index is 0.0284. The van der Waals surface area contributed by atoms with Gasteiger partial charge in [-0.25, -0.2) is 0 Å². The molecule has 0 aromatic heterocycles. The third kappa shape index (κ3) is 2.70. The van der Waals surface area contributed by atoms with Crippen LogP contribution in [-0.2, 0) is 0 Å². The summed E-state index contributed by atoms with van der Waals surface area (Å²) in [5.74, 6) is 1.64. The first kappa shape index (κ1) is 13.8. The van der Waals surface area contributed by atoms with Gasteiger partial charge >= 0.3 is 0 Å². The molecule has 2 aliphatic carbocycles. The van der Waals surface area contributed by atoms with Gasteiger partial charge < -0.3 is 10.4 Å². The maximum atomic E-state index is 9.92. The molecular weight excluding hydrogens is 236 g/mol.